The van der Waals surface area contributed by atoms with Gasteiger partial charge in [-0.05, 0) is 37.1 Å². The summed E-state index contributed by atoms with van der Waals surface area (Å²) < 4.78 is 33.8. The van der Waals surface area contributed by atoms with Gasteiger partial charge in [-0.2, -0.15) is 17.0 Å². The molecule has 1 aromatic rings. The van der Waals surface area contributed by atoms with Gasteiger partial charge in [0.1, 0.15) is 4.88 Å². The normalized spacial score (nSPS) is 22.4. The summed E-state index contributed by atoms with van der Waals surface area (Å²) in [6.45, 7) is 1.71. The van der Waals surface area contributed by atoms with Crippen molar-refractivity contribution in [2.75, 3.05) is 38.6 Å². The van der Waals surface area contributed by atoms with Gasteiger partial charge in [-0.3, -0.25) is 4.79 Å². The third-order valence-electron chi connectivity index (χ3n) is 5.27. The van der Waals surface area contributed by atoms with Crippen LogP contribution in [0.25, 0.3) is 0 Å². The van der Waals surface area contributed by atoms with Crippen LogP contribution in [-0.2, 0) is 19.7 Å². The molecule has 0 radical (unpaired) electrons. The van der Waals surface area contributed by atoms with Gasteiger partial charge in [-0.25, -0.2) is 4.79 Å². The van der Waals surface area contributed by atoms with E-state index in [-0.39, 0.29) is 12.5 Å². The number of hydrogen-bond acceptors (Lipinski definition) is 6. The van der Waals surface area contributed by atoms with Gasteiger partial charge in [0, 0.05) is 26.2 Å². The van der Waals surface area contributed by atoms with Crippen LogP contribution in [-0.4, -0.2) is 62.2 Å². The maximum atomic E-state index is 13.0. The standard InChI is InChI=1S/C18H27N3O5S2/c1-26-18(23)16-15(8-12-27-16)19-17(22)14-7-6-11-21(13-14)28(24,25)20-9-4-2-3-5-10-20/h8,12,14H,2-7,9-11,13H2,1H3,(H,19,22)/t14-/m0/s1. The van der Waals surface area contributed by atoms with Crippen molar-refractivity contribution in [2.24, 2.45) is 5.92 Å². The fourth-order valence-electron chi connectivity index (χ4n) is 3.69. The predicted molar refractivity (Wildman–Crippen MR) is 108 cm³/mol. The fourth-order valence-corrected chi connectivity index (χ4v) is 6.24. The molecule has 1 atom stereocenters. The molecule has 2 aliphatic rings. The van der Waals surface area contributed by atoms with Crippen molar-refractivity contribution >= 4 is 39.1 Å². The quantitative estimate of drug-likeness (QED) is 0.725. The topological polar surface area (TPSA) is 96.0 Å². The Morgan fingerprint density at radius 3 is 2.46 bits per heavy atom. The second kappa shape index (κ2) is 9.34. The molecule has 1 N–H and O–H groups in total. The summed E-state index contributed by atoms with van der Waals surface area (Å²) in [5.41, 5.74) is 0.411. The molecule has 156 valence electrons. The molecular weight excluding hydrogens is 402 g/mol. The van der Waals surface area contributed by atoms with Gasteiger partial charge in [0.25, 0.3) is 10.2 Å². The molecular formula is C18H27N3O5S2. The van der Waals surface area contributed by atoms with E-state index in [2.05, 4.69) is 5.32 Å². The molecule has 0 spiro atoms. The number of nitrogens with zero attached hydrogens (tertiary/aromatic N) is 2. The smallest absolute Gasteiger partial charge is 0.350 e. The lowest BCUT2D eigenvalue weighted by Gasteiger charge is -2.34. The van der Waals surface area contributed by atoms with E-state index in [9.17, 15) is 18.0 Å². The Kier molecular flexibility index (Phi) is 7.08. The molecule has 0 unspecified atom stereocenters. The molecule has 3 rings (SSSR count). The molecule has 1 amide bonds. The van der Waals surface area contributed by atoms with Gasteiger partial charge < -0.3 is 10.1 Å². The van der Waals surface area contributed by atoms with Crippen molar-refractivity contribution in [3.63, 3.8) is 0 Å². The highest BCUT2D eigenvalue weighted by molar-refractivity contribution is 7.86. The van der Waals surface area contributed by atoms with E-state index >= 15 is 0 Å². The number of methoxy groups -OCH3 is 1. The van der Waals surface area contributed by atoms with Crippen LogP contribution in [0.5, 0.6) is 0 Å². The maximum absolute atomic E-state index is 13.0. The van der Waals surface area contributed by atoms with Crippen molar-refractivity contribution in [3.8, 4) is 0 Å². The first kappa shape index (κ1) is 21.2. The molecule has 2 aliphatic heterocycles. The average Bonchev–Trinajstić information content (AvgIpc) is 2.98. The summed E-state index contributed by atoms with van der Waals surface area (Å²) in [5, 5.41) is 4.48. The van der Waals surface area contributed by atoms with Gasteiger partial charge in [0.05, 0.1) is 18.7 Å². The second-order valence-corrected chi connectivity index (χ2v) is 10.0. The highest BCUT2D eigenvalue weighted by Crippen LogP contribution is 2.27. The van der Waals surface area contributed by atoms with Crippen LogP contribution in [0.15, 0.2) is 11.4 Å². The number of thiophene rings is 1. The van der Waals surface area contributed by atoms with Gasteiger partial charge in [-0.1, -0.05) is 12.8 Å². The van der Waals surface area contributed by atoms with E-state index < -0.39 is 22.1 Å². The molecule has 2 saturated heterocycles. The number of rotatable bonds is 5. The van der Waals surface area contributed by atoms with E-state index in [1.165, 1.54) is 22.8 Å². The van der Waals surface area contributed by atoms with Crippen LogP contribution < -0.4 is 5.32 Å². The van der Waals surface area contributed by atoms with E-state index in [1.54, 1.807) is 15.8 Å². The summed E-state index contributed by atoms with van der Waals surface area (Å²) in [4.78, 5) is 24.9. The zero-order valence-corrected chi connectivity index (χ0v) is 17.7. The van der Waals surface area contributed by atoms with Crippen molar-refractivity contribution in [1.82, 2.24) is 8.61 Å². The maximum Gasteiger partial charge on any atom is 0.350 e. The molecule has 3 heterocycles. The van der Waals surface area contributed by atoms with Crippen LogP contribution in [0.1, 0.15) is 48.2 Å². The zero-order valence-electron chi connectivity index (χ0n) is 16.1. The number of piperidine rings is 1. The summed E-state index contributed by atoms with van der Waals surface area (Å²) >= 11 is 1.19. The molecule has 2 fully saturated rings. The number of esters is 1. The van der Waals surface area contributed by atoms with E-state index in [0.29, 0.717) is 43.0 Å². The van der Waals surface area contributed by atoms with Crippen molar-refractivity contribution < 1.29 is 22.7 Å². The lowest BCUT2D eigenvalue weighted by atomic mass is 9.99. The van der Waals surface area contributed by atoms with Crippen LogP contribution in [0.2, 0.25) is 0 Å². The summed E-state index contributed by atoms with van der Waals surface area (Å²) in [6.07, 6.45) is 5.13. The lowest BCUT2D eigenvalue weighted by molar-refractivity contribution is -0.120. The first-order valence-electron chi connectivity index (χ1n) is 9.65. The van der Waals surface area contributed by atoms with Crippen LogP contribution >= 0.6 is 11.3 Å². The van der Waals surface area contributed by atoms with Gasteiger partial charge in [0.2, 0.25) is 5.91 Å². The Bertz CT molecular complexity index is 800. The molecule has 0 aliphatic carbocycles. The number of amides is 1. The number of ether oxygens (including phenoxy) is 1. The van der Waals surface area contributed by atoms with Crippen LogP contribution in [0, 0.1) is 5.92 Å². The number of hydrogen-bond donors (Lipinski definition) is 1. The van der Waals surface area contributed by atoms with Crippen molar-refractivity contribution in [2.45, 2.75) is 38.5 Å². The number of carbonyl (C=O) groups excluding carboxylic acids is 2. The SMILES string of the molecule is COC(=O)c1sccc1NC(=O)[C@H]1CCCN(S(=O)(=O)N2CCCCCC2)C1. The average molecular weight is 430 g/mol. The number of nitrogens with one attached hydrogen (secondary N) is 1. The number of anilines is 1. The molecule has 0 bridgehead atoms. The molecule has 1 aromatic heterocycles. The van der Waals surface area contributed by atoms with Crippen molar-refractivity contribution in [1.29, 1.82) is 0 Å². The number of carbonyl (C=O) groups is 2. The molecule has 28 heavy (non-hydrogen) atoms. The lowest BCUT2D eigenvalue weighted by Crippen LogP contribution is -2.50. The summed E-state index contributed by atoms with van der Waals surface area (Å²) in [5.74, 6) is -1.21. The van der Waals surface area contributed by atoms with Gasteiger partial charge in [-0.15, -0.1) is 11.3 Å². The first-order valence-corrected chi connectivity index (χ1v) is 11.9. The molecule has 8 nitrogen and oxygen atoms in total. The molecule has 0 aromatic carbocycles. The van der Waals surface area contributed by atoms with Crippen molar-refractivity contribution in [3.05, 3.63) is 16.3 Å². The summed E-state index contributed by atoms with van der Waals surface area (Å²) in [7, 11) is -2.26. The Balaban J connectivity index is 1.66. The Hall–Kier alpha value is -1.49. The minimum atomic E-state index is -3.55. The minimum Gasteiger partial charge on any atom is -0.465 e. The Morgan fingerprint density at radius 1 is 1.11 bits per heavy atom. The first-order chi connectivity index (χ1) is 13.4. The van der Waals surface area contributed by atoms with Gasteiger partial charge in [0.15, 0.2) is 0 Å². The predicted octanol–water partition coefficient (Wildman–Crippen LogP) is 2.31. The Morgan fingerprint density at radius 2 is 1.79 bits per heavy atom. The largest absolute Gasteiger partial charge is 0.465 e. The second-order valence-electron chi connectivity index (χ2n) is 7.16. The van der Waals surface area contributed by atoms with Gasteiger partial charge >= 0.3 is 5.97 Å². The third-order valence-corrected chi connectivity index (χ3v) is 8.16. The minimum absolute atomic E-state index is 0.169. The monoisotopic (exact) mass is 429 g/mol. The third kappa shape index (κ3) is 4.73. The van der Waals surface area contributed by atoms with E-state index in [4.69, 9.17) is 4.74 Å². The highest BCUT2D eigenvalue weighted by atomic mass is 32.2. The van der Waals surface area contributed by atoms with Crippen LogP contribution in [0.3, 0.4) is 0 Å². The zero-order chi connectivity index (χ0) is 20.1. The van der Waals surface area contributed by atoms with Crippen LogP contribution in [0.4, 0.5) is 5.69 Å². The Labute approximate surface area is 170 Å². The fraction of sp³-hybridized carbons (Fsp3) is 0.667. The summed E-state index contributed by atoms with van der Waals surface area (Å²) in [6, 6.07) is 1.66. The molecule has 0 saturated carbocycles. The van der Waals surface area contributed by atoms with E-state index in [1.807, 2.05) is 0 Å². The molecule has 10 heteroatoms. The van der Waals surface area contributed by atoms with E-state index in [0.717, 1.165) is 25.7 Å². The highest BCUT2D eigenvalue weighted by Gasteiger charge is 2.36.